The van der Waals surface area contributed by atoms with Crippen LogP contribution < -0.4 is 10.1 Å². The number of benzene rings is 2. The van der Waals surface area contributed by atoms with Gasteiger partial charge >= 0.3 is 6.09 Å². The Hall–Kier alpha value is -3.50. The Morgan fingerprint density at radius 2 is 1.85 bits per heavy atom. The van der Waals surface area contributed by atoms with Crippen molar-refractivity contribution in [2.45, 2.75) is 96.1 Å². The average molecular weight is 558 g/mol. The molecule has 1 aliphatic heterocycles. The second kappa shape index (κ2) is 11.4. The average Bonchev–Trinajstić information content (AvgIpc) is 2.89. The highest BCUT2D eigenvalue weighted by atomic mass is 16.6. The van der Waals surface area contributed by atoms with Gasteiger partial charge in [-0.25, -0.2) is 4.79 Å². The minimum atomic E-state index is -0.547. The Balaban J connectivity index is 1.45. The number of ether oxygens (including phenoxy) is 2. The molecule has 0 unspecified atom stereocenters. The third-order valence-electron chi connectivity index (χ3n) is 8.77. The molecule has 2 aromatic carbocycles. The molecule has 1 N–H and O–H groups in total. The molecule has 7 nitrogen and oxygen atoms in total. The number of hydrogen-bond acceptors (Lipinski definition) is 5. The zero-order chi connectivity index (χ0) is 29.4. The molecule has 41 heavy (non-hydrogen) atoms. The van der Waals surface area contributed by atoms with E-state index in [1.54, 1.807) is 7.11 Å². The maximum atomic E-state index is 13.2. The van der Waals surface area contributed by atoms with E-state index in [1.165, 1.54) is 0 Å². The number of terminal acetylenes is 1. The lowest BCUT2D eigenvalue weighted by Gasteiger charge is -2.65. The van der Waals surface area contributed by atoms with Gasteiger partial charge < -0.3 is 14.4 Å². The van der Waals surface area contributed by atoms with Gasteiger partial charge in [0, 0.05) is 18.5 Å². The van der Waals surface area contributed by atoms with Crippen LogP contribution in [0.3, 0.4) is 0 Å². The molecule has 0 radical (unpaired) electrons. The van der Waals surface area contributed by atoms with E-state index in [-0.39, 0.29) is 29.7 Å². The predicted molar refractivity (Wildman–Crippen MR) is 159 cm³/mol. The van der Waals surface area contributed by atoms with Crippen molar-refractivity contribution in [3.63, 3.8) is 0 Å². The SMILES string of the molecule is C#CC(=O)N1[C@@H](c2ccc(CN(C(=O)OC(C)(C)C)C34CC(C3)C4)cc2)c2ccc(OC)cc2C[C@@H]1NCCCC. The first-order valence-electron chi connectivity index (χ1n) is 14.9. The standard InChI is InChI=1S/C34H43N3O4/c1-7-9-16-35-29-18-26-17-27(40-6)14-15-28(26)31(37(29)30(38)8-2)25-12-10-23(11-13-25)22-36(32(39)41-33(3,4)5)34-19-24(20-34)21-34/h2,10-15,17,24,29,31,35H,7,9,16,18-22H2,1,3-6H3/t24?,29-,31+,34?/m1/s1. The fraction of sp³-hybridized carbons (Fsp3) is 0.529. The predicted octanol–water partition coefficient (Wildman–Crippen LogP) is 5.81. The summed E-state index contributed by atoms with van der Waals surface area (Å²) < 4.78 is 11.3. The normalized spacial score (nSPS) is 24.3. The van der Waals surface area contributed by atoms with Crippen LogP contribution in [0.2, 0.25) is 0 Å². The molecule has 3 saturated carbocycles. The smallest absolute Gasteiger partial charge is 0.411 e. The third kappa shape index (κ3) is 5.81. The Morgan fingerprint density at radius 1 is 1.15 bits per heavy atom. The highest BCUT2D eigenvalue weighted by Crippen LogP contribution is 2.61. The van der Waals surface area contributed by atoms with Crippen LogP contribution in [0.4, 0.5) is 4.79 Å². The monoisotopic (exact) mass is 557 g/mol. The van der Waals surface area contributed by atoms with Crippen LogP contribution in [-0.2, 0) is 22.5 Å². The van der Waals surface area contributed by atoms with Crippen molar-refractivity contribution < 1.29 is 19.1 Å². The molecule has 0 aromatic heterocycles. The van der Waals surface area contributed by atoms with Crippen molar-refractivity contribution in [3.8, 4) is 18.1 Å². The van der Waals surface area contributed by atoms with Crippen molar-refractivity contribution in [1.29, 1.82) is 0 Å². The third-order valence-corrected chi connectivity index (χ3v) is 8.77. The van der Waals surface area contributed by atoms with Gasteiger partial charge in [-0.05, 0) is 99.2 Å². The number of hydrogen-bond donors (Lipinski definition) is 1. The molecule has 0 saturated heterocycles. The van der Waals surface area contributed by atoms with E-state index < -0.39 is 5.60 Å². The number of carbonyl (C=O) groups is 2. The van der Waals surface area contributed by atoms with Gasteiger partial charge in [-0.15, -0.1) is 6.42 Å². The molecular formula is C34H43N3O4. The quantitative estimate of drug-likeness (QED) is 0.311. The lowest BCUT2D eigenvalue weighted by atomic mass is 9.49. The Labute approximate surface area is 244 Å². The summed E-state index contributed by atoms with van der Waals surface area (Å²) >= 11 is 0. The van der Waals surface area contributed by atoms with E-state index in [1.807, 2.05) is 42.7 Å². The van der Waals surface area contributed by atoms with E-state index in [4.69, 9.17) is 15.9 Å². The van der Waals surface area contributed by atoms with Crippen LogP contribution in [-0.4, -0.2) is 52.8 Å². The molecule has 7 heteroatoms. The van der Waals surface area contributed by atoms with E-state index >= 15 is 0 Å². The first kappa shape index (κ1) is 29.0. The summed E-state index contributed by atoms with van der Waals surface area (Å²) in [4.78, 5) is 30.3. The maximum Gasteiger partial charge on any atom is 0.411 e. The van der Waals surface area contributed by atoms with E-state index in [0.717, 1.165) is 72.6 Å². The molecule has 2 amide bonds. The van der Waals surface area contributed by atoms with Gasteiger partial charge in [-0.1, -0.05) is 43.7 Å². The summed E-state index contributed by atoms with van der Waals surface area (Å²) in [5.41, 5.74) is 3.56. The minimum Gasteiger partial charge on any atom is -0.497 e. The molecule has 2 aromatic rings. The summed E-state index contributed by atoms with van der Waals surface area (Å²) in [6, 6.07) is 13.9. The van der Waals surface area contributed by atoms with Crippen molar-refractivity contribution in [2.24, 2.45) is 5.92 Å². The van der Waals surface area contributed by atoms with Crippen LogP contribution >= 0.6 is 0 Å². The summed E-state index contributed by atoms with van der Waals surface area (Å²) in [7, 11) is 1.67. The molecule has 2 bridgehead atoms. The zero-order valence-corrected chi connectivity index (χ0v) is 25.0. The highest BCUT2D eigenvalue weighted by molar-refractivity contribution is 5.94. The molecule has 4 aliphatic rings. The summed E-state index contributed by atoms with van der Waals surface area (Å²) in [5.74, 6) is 3.57. The summed E-state index contributed by atoms with van der Waals surface area (Å²) in [6.45, 7) is 9.16. The number of nitrogens with one attached hydrogen (secondary N) is 1. The molecule has 3 fully saturated rings. The van der Waals surface area contributed by atoms with Crippen LogP contribution in [0.5, 0.6) is 5.75 Å². The fourth-order valence-electron chi connectivity index (χ4n) is 6.57. The Kier molecular flexibility index (Phi) is 8.07. The molecule has 3 aliphatic carbocycles. The number of methoxy groups -OCH3 is 1. The van der Waals surface area contributed by atoms with Gasteiger partial charge in [-0.2, -0.15) is 0 Å². The van der Waals surface area contributed by atoms with Gasteiger partial charge in [0.05, 0.1) is 19.3 Å². The largest absolute Gasteiger partial charge is 0.497 e. The first-order chi connectivity index (χ1) is 19.6. The molecule has 218 valence electrons. The fourth-order valence-corrected chi connectivity index (χ4v) is 6.57. The van der Waals surface area contributed by atoms with E-state index in [2.05, 4.69) is 48.5 Å². The second-order valence-electron chi connectivity index (χ2n) is 12.9. The number of carbonyl (C=O) groups excluding carboxylic acids is 2. The zero-order valence-electron chi connectivity index (χ0n) is 25.0. The van der Waals surface area contributed by atoms with E-state index in [9.17, 15) is 9.59 Å². The van der Waals surface area contributed by atoms with Crippen molar-refractivity contribution in [1.82, 2.24) is 15.1 Å². The van der Waals surface area contributed by atoms with Gasteiger partial charge in [0.2, 0.25) is 0 Å². The van der Waals surface area contributed by atoms with Gasteiger partial charge in [-0.3, -0.25) is 15.0 Å². The maximum absolute atomic E-state index is 13.2. The van der Waals surface area contributed by atoms with Crippen molar-refractivity contribution in [3.05, 3.63) is 64.7 Å². The number of amides is 2. The summed E-state index contributed by atoms with van der Waals surface area (Å²) in [5, 5.41) is 3.58. The summed E-state index contributed by atoms with van der Waals surface area (Å²) in [6.07, 6.45) is 11.1. The molecule has 1 heterocycles. The van der Waals surface area contributed by atoms with Crippen LogP contribution in [0.15, 0.2) is 42.5 Å². The Bertz CT molecular complexity index is 1310. The minimum absolute atomic E-state index is 0.0690. The second-order valence-corrected chi connectivity index (χ2v) is 12.9. The number of nitrogens with zero attached hydrogens (tertiary/aromatic N) is 2. The van der Waals surface area contributed by atoms with Gasteiger partial charge in [0.25, 0.3) is 5.91 Å². The van der Waals surface area contributed by atoms with Gasteiger partial charge in [0.1, 0.15) is 11.4 Å². The lowest BCUT2D eigenvalue weighted by Crippen LogP contribution is -2.69. The van der Waals surface area contributed by atoms with E-state index in [0.29, 0.717) is 13.0 Å². The van der Waals surface area contributed by atoms with Crippen molar-refractivity contribution >= 4 is 12.0 Å². The lowest BCUT2D eigenvalue weighted by molar-refractivity contribution is -0.141. The molecular weight excluding hydrogens is 514 g/mol. The Morgan fingerprint density at radius 3 is 2.41 bits per heavy atom. The van der Waals surface area contributed by atoms with Crippen LogP contribution in [0, 0.1) is 18.3 Å². The molecule has 6 rings (SSSR count). The van der Waals surface area contributed by atoms with Crippen LogP contribution in [0.25, 0.3) is 0 Å². The number of unbranched alkanes of at least 4 members (excludes halogenated alkanes) is 1. The topological polar surface area (TPSA) is 71.1 Å². The first-order valence-corrected chi connectivity index (χ1v) is 14.9. The van der Waals surface area contributed by atoms with Crippen molar-refractivity contribution in [2.75, 3.05) is 13.7 Å². The van der Waals surface area contributed by atoms with Crippen LogP contribution in [0.1, 0.15) is 88.1 Å². The van der Waals surface area contributed by atoms with Gasteiger partial charge in [0.15, 0.2) is 0 Å². The number of fused-ring (bicyclic) bond motifs is 1. The molecule has 2 atom stereocenters. The number of rotatable bonds is 9. The highest BCUT2D eigenvalue weighted by Gasteiger charge is 2.61. The molecule has 0 spiro atoms.